The average Bonchev–Trinajstić information content (AvgIpc) is 2.59. The molecule has 0 aromatic heterocycles. The molecule has 2 rings (SSSR count). The number of aliphatic imine (C=N–C) groups is 1. The summed E-state index contributed by atoms with van der Waals surface area (Å²) in [4.78, 5) is 25.7. The van der Waals surface area contributed by atoms with Gasteiger partial charge in [-0.1, -0.05) is 18.2 Å². The van der Waals surface area contributed by atoms with Crippen LogP contribution in [-0.2, 0) is 11.2 Å². The van der Waals surface area contributed by atoms with Gasteiger partial charge in [-0.15, -0.1) is 0 Å². The molecule has 26 heavy (non-hydrogen) atoms. The summed E-state index contributed by atoms with van der Waals surface area (Å²) in [5, 5.41) is 32.0. The Morgan fingerprint density at radius 1 is 1.35 bits per heavy atom. The fraction of sp³-hybridized carbons (Fsp3) is 0.176. The molecular formula is C17H15N2NaO6. The minimum absolute atomic E-state index is 0. The molecule has 0 radical (unpaired) electrons. The van der Waals surface area contributed by atoms with Crippen LogP contribution in [0.25, 0.3) is 0 Å². The van der Waals surface area contributed by atoms with Crippen molar-refractivity contribution in [3.63, 3.8) is 0 Å². The molecule has 0 aliphatic rings. The minimum Gasteiger partial charge on any atom is -0.548 e. The molecule has 2 aromatic carbocycles. The van der Waals surface area contributed by atoms with Crippen LogP contribution in [0.5, 0.6) is 11.5 Å². The summed E-state index contributed by atoms with van der Waals surface area (Å²) in [5.41, 5.74) is 0.493. The number of ether oxygens (including phenoxy) is 1. The fourth-order valence-electron chi connectivity index (χ4n) is 2.19. The number of nitro benzene ring substituents is 1. The van der Waals surface area contributed by atoms with E-state index < -0.39 is 16.9 Å². The van der Waals surface area contributed by atoms with Gasteiger partial charge in [0.05, 0.1) is 24.0 Å². The molecule has 130 valence electrons. The molecule has 1 unspecified atom stereocenters. The van der Waals surface area contributed by atoms with Crippen LogP contribution >= 0.6 is 0 Å². The predicted octanol–water partition coefficient (Wildman–Crippen LogP) is -1.91. The van der Waals surface area contributed by atoms with E-state index >= 15 is 0 Å². The summed E-state index contributed by atoms with van der Waals surface area (Å²) in [6, 6.07) is 9.22. The van der Waals surface area contributed by atoms with Gasteiger partial charge in [0.1, 0.15) is 5.75 Å². The number of benzene rings is 2. The van der Waals surface area contributed by atoms with Crippen molar-refractivity contribution in [2.75, 3.05) is 7.11 Å². The molecule has 8 nitrogen and oxygen atoms in total. The standard InChI is InChI=1S/C17H16N2O6.Na/c1-25-16-7-6-11(9-14(16)19(23)24)8-13(17(21)22)18-10-12-4-2-3-5-15(12)20;/h2-7,9-10,13,20H,8H2,1H3,(H,21,22);/q;+1/p-1. The average molecular weight is 366 g/mol. The van der Waals surface area contributed by atoms with Gasteiger partial charge in [-0.3, -0.25) is 15.1 Å². The third kappa shape index (κ3) is 5.55. The van der Waals surface area contributed by atoms with Crippen molar-refractivity contribution < 1.29 is 54.2 Å². The van der Waals surface area contributed by atoms with E-state index in [-0.39, 0.29) is 53.2 Å². The number of hydrogen-bond donors (Lipinski definition) is 1. The number of rotatable bonds is 7. The number of carboxylic acids is 1. The molecule has 0 fully saturated rings. The molecule has 2 aromatic rings. The van der Waals surface area contributed by atoms with E-state index in [4.69, 9.17) is 4.74 Å². The van der Waals surface area contributed by atoms with Gasteiger partial charge >= 0.3 is 35.2 Å². The first-order chi connectivity index (χ1) is 11.9. The molecule has 0 saturated carbocycles. The first-order valence-electron chi connectivity index (χ1n) is 7.25. The van der Waals surface area contributed by atoms with Gasteiger partial charge in [0.2, 0.25) is 0 Å². The maximum Gasteiger partial charge on any atom is 1.00 e. The smallest absolute Gasteiger partial charge is 0.548 e. The molecule has 1 atom stereocenters. The molecule has 0 aliphatic carbocycles. The summed E-state index contributed by atoms with van der Waals surface area (Å²) < 4.78 is 4.90. The van der Waals surface area contributed by atoms with Crippen LogP contribution in [0, 0.1) is 10.1 Å². The van der Waals surface area contributed by atoms with Crippen molar-refractivity contribution in [2.45, 2.75) is 12.5 Å². The van der Waals surface area contributed by atoms with E-state index in [9.17, 15) is 25.1 Å². The van der Waals surface area contributed by atoms with E-state index in [0.29, 0.717) is 11.1 Å². The number of aliphatic carboxylic acids is 1. The number of phenolic OH excluding ortho intramolecular Hbond substituents is 1. The topological polar surface area (TPSA) is 125 Å². The summed E-state index contributed by atoms with van der Waals surface area (Å²) >= 11 is 0. The Balaban J connectivity index is 0.00000338. The van der Waals surface area contributed by atoms with Crippen LogP contribution in [0.3, 0.4) is 0 Å². The van der Waals surface area contributed by atoms with Gasteiger partial charge in [-0.25, -0.2) is 0 Å². The zero-order valence-electron chi connectivity index (χ0n) is 14.3. The molecule has 9 heteroatoms. The third-order valence-corrected chi connectivity index (χ3v) is 3.47. The number of carbonyl (C=O) groups excluding carboxylic acids is 1. The van der Waals surface area contributed by atoms with Crippen molar-refractivity contribution >= 4 is 17.9 Å². The predicted molar refractivity (Wildman–Crippen MR) is 87.8 cm³/mol. The maximum atomic E-state index is 11.3. The number of hydrogen-bond acceptors (Lipinski definition) is 7. The van der Waals surface area contributed by atoms with Crippen LogP contribution in [0.4, 0.5) is 5.69 Å². The number of carbonyl (C=O) groups is 1. The van der Waals surface area contributed by atoms with Crippen molar-refractivity contribution in [3.8, 4) is 11.5 Å². The van der Waals surface area contributed by atoms with Crippen LogP contribution in [-0.4, -0.2) is 35.4 Å². The van der Waals surface area contributed by atoms with E-state index in [0.717, 1.165) is 0 Å². The molecule has 0 amide bonds. The van der Waals surface area contributed by atoms with E-state index in [2.05, 4.69) is 4.99 Å². The first-order valence-corrected chi connectivity index (χ1v) is 7.25. The molecule has 0 heterocycles. The normalized spacial score (nSPS) is 11.6. The van der Waals surface area contributed by atoms with Crippen LogP contribution in [0.1, 0.15) is 11.1 Å². The van der Waals surface area contributed by atoms with E-state index in [1.165, 1.54) is 37.6 Å². The second-order valence-corrected chi connectivity index (χ2v) is 5.14. The third-order valence-electron chi connectivity index (χ3n) is 3.47. The number of para-hydroxylation sites is 1. The molecular weight excluding hydrogens is 351 g/mol. The summed E-state index contributed by atoms with van der Waals surface area (Å²) in [6.45, 7) is 0. The Morgan fingerprint density at radius 2 is 2.04 bits per heavy atom. The molecule has 0 spiro atoms. The van der Waals surface area contributed by atoms with Crippen LogP contribution in [0.2, 0.25) is 0 Å². The SMILES string of the molecule is COc1ccc(CC(N=Cc2ccccc2O)C(=O)[O-])cc1[N+](=O)[O-].[Na+]. The Hall–Kier alpha value is -2.42. The summed E-state index contributed by atoms with van der Waals surface area (Å²) in [5.74, 6) is -1.38. The van der Waals surface area contributed by atoms with Gasteiger partial charge in [0, 0.05) is 24.3 Å². The Bertz CT molecular complexity index is 825. The number of nitrogens with zero attached hydrogens (tertiary/aromatic N) is 2. The van der Waals surface area contributed by atoms with E-state index in [1.54, 1.807) is 18.2 Å². The zero-order valence-corrected chi connectivity index (χ0v) is 16.3. The van der Waals surface area contributed by atoms with Crippen LogP contribution < -0.4 is 39.4 Å². The zero-order chi connectivity index (χ0) is 18.4. The number of phenols is 1. The Labute approximate surface area is 171 Å². The molecule has 0 saturated heterocycles. The van der Waals surface area contributed by atoms with Crippen molar-refractivity contribution in [1.82, 2.24) is 0 Å². The van der Waals surface area contributed by atoms with Crippen LogP contribution in [0.15, 0.2) is 47.5 Å². The molecule has 1 N–H and O–H groups in total. The quantitative estimate of drug-likeness (QED) is 0.264. The first kappa shape index (κ1) is 21.6. The van der Waals surface area contributed by atoms with Crippen molar-refractivity contribution in [3.05, 3.63) is 63.7 Å². The second kappa shape index (κ2) is 9.91. The minimum atomic E-state index is -1.43. The Morgan fingerprint density at radius 3 is 2.62 bits per heavy atom. The fourth-order valence-corrected chi connectivity index (χ4v) is 2.19. The number of aromatic hydroxyl groups is 1. The maximum absolute atomic E-state index is 11.3. The number of nitro groups is 1. The van der Waals surface area contributed by atoms with Gasteiger partial charge in [0.15, 0.2) is 5.75 Å². The van der Waals surface area contributed by atoms with Crippen molar-refractivity contribution in [2.24, 2.45) is 4.99 Å². The summed E-state index contributed by atoms with van der Waals surface area (Å²) in [7, 11) is 1.31. The Kier molecular flexibility index (Phi) is 8.24. The van der Waals surface area contributed by atoms with Crippen molar-refractivity contribution in [1.29, 1.82) is 0 Å². The monoisotopic (exact) mass is 366 g/mol. The second-order valence-electron chi connectivity index (χ2n) is 5.14. The van der Waals surface area contributed by atoms with Gasteiger partial charge in [-0.05, 0) is 23.8 Å². The number of methoxy groups -OCH3 is 1. The molecule has 0 aliphatic heterocycles. The summed E-state index contributed by atoms with van der Waals surface area (Å²) in [6.07, 6.45) is 1.13. The van der Waals surface area contributed by atoms with Gasteiger partial charge in [0.25, 0.3) is 0 Å². The van der Waals surface area contributed by atoms with E-state index in [1.807, 2.05) is 0 Å². The van der Waals surface area contributed by atoms with Gasteiger partial charge in [-0.2, -0.15) is 0 Å². The molecule has 0 bridgehead atoms. The number of carboxylic acid groups (broad SMARTS) is 1. The largest absolute Gasteiger partial charge is 1.00 e. The van der Waals surface area contributed by atoms with Gasteiger partial charge < -0.3 is 19.7 Å².